The summed E-state index contributed by atoms with van der Waals surface area (Å²) in [5.41, 5.74) is 7.32. The third-order valence-corrected chi connectivity index (χ3v) is 11.5. The predicted molar refractivity (Wildman–Crippen MR) is 187 cm³/mol. The molecule has 22 nitrogen and oxygen atoms in total. The summed E-state index contributed by atoms with van der Waals surface area (Å²) in [7, 11) is -21.3. The fraction of sp³-hybridized carbons (Fsp3) is 0. The van der Waals surface area contributed by atoms with Crippen LogP contribution in [0.15, 0.2) is 113 Å². The number of rotatable bonds is 9. The number of hydrogen-bond donors (Lipinski definition) is 2. The maximum Gasteiger partial charge on any atom is 2.00 e. The van der Waals surface area contributed by atoms with E-state index < -0.39 is 139 Å². The molecule has 6 rings (SSSR count). The normalized spacial score (nSPS) is 11.8. The Morgan fingerprint density at radius 1 is 0.438 bits per heavy atom. The number of nitrogens with two attached hydrogens (primary N) is 2. The molecule has 0 heterocycles. The summed E-state index contributed by atoms with van der Waals surface area (Å²) in [6.45, 7) is 0. The van der Waals surface area contributed by atoms with Crippen LogP contribution in [0, 0.1) is 0 Å². The molecule has 0 fully saturated rings. The second kappa shape index (κ2) is 22.7. The Kier molecular flexibility index (Phi) is 21.9. The Balaban J connectivity index is 0.00000661. The minimum atomic E-state index is -5.50. The van der Waals surface area contributed by atoms with E-state index in [9.17, 15) is 72.3 Å². The van der Waals surface area contributed by atoms with Crippen LogP contribution in [0.1, 0.15) is 0 Å². The molecule has 64 heavy (non-hydrogen) atoms. The number of anilines is 2. The quantitative estimate of drug-likeness (QED) is 0.0587. The van der Waals surface area contributed by atoms with Crippen LogP contribution < -0.4 is 129 Å². The van der Waals surface area contributed by atoms with Crippen molar-refractivity contribution in [3.63, 3.8) is 0 Å². The zero-order chi connectivity index (χ0) is 42.9. The van der Waals surface area contributed by atoms with Crippen LogP contribution in [0.4, 0.5) is 34.1 Å². The van der Waals surface area contributed by atoms with E-state index in [0.717, 1.165) is 24.3 Å². The molecule has 0 saturated carbocycles. The van der Waals surface area contributed by atoms with Crippen molar-refractivity contribution in [2.45, 2.75) is 19.6 Å². The molecule has 0 spiro atoms. The molecular formula is C32H16Cu2Li2N6Na2O16S4. The van der Waals surface area contributed by atoms with Crippen molar-refractivity contribution in [2.24, 2.45) is 20.5 Å². The van der Waals surface area contributed by atoms with Gasteiger partial charge in [-0.25, -0.2) is 33.7 Å². The molecule has 0 saturated heterocycles. The van der Waals surface area contributed by atoms with Crippen LogP contribution in [0.3, 0.4) is 0 Å². The molecule has 0 unspecified atom stereocenters. The van der Waals surface area contributed by atoms with Crippen molar-refractivity contribution >= 4 is 96.1 Å². The molecule has 4 N–H and O–H groups in total. The molecule has 320 valence electrons. The smallest absolute Gasteiger partial charge is 0.871 e. The zero-order valence-corrected chi connectivity index (χ0v) is 41.8. The number of nitrogen functional groups attached to an aromatic ring is 2. The largest absolute Gasteiger partial charge is 2.00 e. The first kappa shape index (κ1) is 61.7. The average molecular weight is 1060 g/mol. The van der Waals surface area contributed by atoms with Gasteiger partial charge in [0.2, 0.25) is 0 Å². The summed E-state index contributed by atoms with van der Waals surface area (Å²) in [4.78, 5) is -4.38. The summed E-state index contributed by atoms with van der Waals surface area (Å²) in [5, 5.41) is 64.5. The number of fused-ring (bicyclic) bond motifs is 2. The molecule has 0 atom stereocenters. The van der Waals surface area contributed by atoms with Gasteiger partial charge < -0.3 is 50.1 Å². The third-order valence-electron chi connectivity index (χ3n) is 8.15. The van der Waals surface area contributed by atoms with Crippen LogP contribution in [0.5, 0.6) is 23.0 Å². The van der Waals surface area contributed by atoms with Gasteiger partial charge in [-0.05, 0) is 81.2 Å². The Hall–Kier alpha value is -2.29. The number of azo groups is 2. The first-order valence-electron chi connectivity index (χ1n) is 15.2. The van der Waals surface area contributed by atoms with Crippen molar-refractivity contribution < 1.29 is 203 Å². The monoisotopic (exact) mass is 1050 g/mol. The van der Waals surface area contributed by atoms with Gasteiger partial charge in [0.25, 0.3) is 0 Å². The molecule has 0 aliphatic heterocycles. The van der Waals surface area contributed by atoms with Gasteiger partial charge >= 0.3 is 131 Å². The summed E-state index contributed by atoms with van der Waals surface area (Å²) in [6.07, 6.45) is 0. The van der Waals surface area contributed by atoms with Crippen LogP contribution >= 0.6 is 0 Å². The van der Waals surface area contributed by atoms with E-state index in [1.807, 2.05) is 0 Å². The van der Waals surface area contributed by atoms with Crippen molar-refractivity contribution in [2.75, 3.05) is 11.5 Å². The second-order valence-corrected chi connectivity index (χ2v) is 17.4. The second-order valence-electron chi connectivity index (χ2n) is 11.9. The van der Waals surface area contributed by atoms with Crippen molar-refractivity contribution in [3.05, 3.63) is 72.8 Å². The SMILES string of the molecule is Nc1cc(S(=O)(=O)[O-])cc2cc(S(=O)(=O)[O-])c(N=Nc3ccc(-c4ccc(N=Nc5c(S(=O)(=O)[O-])cc6cc(S(=O)(=O)[O-])cc(N)c6c5[O-])c([O-])c4)cc3[O-])c([O-])c12.[Cu+2].[Cu+2].[Li+].[Li+].[Na+].[Na+]. The summed E-state index contributed by atoms with van der Waals surface area (Å²) in [5.74, 6) is -4.43. The molecule has 6 aromatic rings. The van der Waals surface area contributed by atoms with Crippen molar-refractivity contribution in [1.82, 2.24) is 0 Å². The molecule has 32 heteroatoms. The van der Waals surface area contributed by atoms with E-state index >= 15 is 0 Å². The molecular weight excluding hydrogens is 1040 g/mol. The Morgan fingerprint density at radius 3 is 1.02 bits per heavy atom. The number of hydrogen-bond acceptors (Lipinski definition) is 22. The molecule has 6 aromatic carbocycles. The van der Waals surface area contributed by atoms with Gasteiger partial charge in [0.05, 0.1) is 42.3 Å². The van der Waals surface area contributed by atoms with Crippen LogP contribution in [-0.4, -0.2) is 51.9 Å². The minimum absolute atomic E-state index is 0. The van der Waals surface area contributed by atoms with E-state index in [0.29, 0.717) is 36.4 Å². The van der Waals surface area contributed by atoms with E-state index in [1.165, 1.54) is 12.1 Å². The predicted octanol–water partition coefficient (Wildman–Crippen LogP) is -10.4. The molecule has 0 aliphatic rings. The van der Waals surface area contributed by atoms with Crippen molar-refractivity contribution in [3.8, 4) is 34.1 Å². The van der Waals surface area contributed by atoms with E-state index in [4.69, 9.17) is 11.5 Å². The fourth-order valence-electron chi connectivity index (χ4n) is 5.57. The fourth-order valence-corrected chi connectivity index (χ4v) is 7.94. The summed E-state index contributed by atoms with van der Waals surface area (Å²) < 4.78 is 141. The Bertz CT molecular complexity index is 3120. The van der Waals surface area contributed by atoms with Crippen LogP contribution in [0.25, 0.3) is 32.7 Å². The van der Waals surface area contributed by atoms with Gasteiger partial charge in [-0.2, -0.15) is 10.2 Å². The summed E-state index contributed by atoms with van der Waals surface area (Å²) in [6, 6.07) is 10.1. The standard InChI is InChI=1S/C32H24N6O16S4.2Cu.2Li.2Na/c33-19-11-17(55(43,44)45)5-15-9-25(57(49,50)51)29(31(41)27(15)19)37-35-21-3-1-13(7-23(21)39)14-2-4-22(24(40)8-14)36-38-30-26(58(52,53)54)10-16-6-18(56(46,47)48)12-20(34)28(16)32(30)42;;;;;;/h1-12,39-42H,33-34H2,(H,43,44,45)(H,46,47,48)(H,49,50,51)(H,52,53,54);;;;;;/q;2*+2;4*+1/p-8. The zero-order valence-electron chi connectivity index (χ0n) is 32.6. The number of benzene rings is 6. The average Bonchev–Trinajstić information content (AvgIpc) is 3.09. The maximum absolute atomic E-state index is 13.2. The van der Waals surface area contributed by atoms with Gasteiger partial charge in [-0.3, -0.25) is 0 Å². The molecule has 0 aliphatic carbocycles. The first-order chi connectivity index (χ1) is 26.8. The van der Waals surface area contributed by atoms with Gasteiger partial charge in [0, 0.05) is 11.4 Å². The van der Waals surface area contributed by atoms with E-state index in [-0.39, 0.29) is 142 Å². The third kappa shape index (κ3) is 13.0. The van der Waals surface area contributed by atoms with Crippen molar-refractivity contribution in [1.29, 1.82) is 0 Å². The maximum atomic E-state index is 13.2. The first-order valence-corrected chi connectivity index (χ1v) is 20.8. The van der Waals surface area contributed by atoms with Crippen LogP contribution in [-0.2, 0) is 74.6 Å². The van der Waals surface area contributed by atoms with Crippen LogP contribution in [0.2, 0.25) is 0 Å². The van der Waals surface area contributed by atoms with E-state index in [1.54, 1.807) is 0 Å². The Labute approximate surface area is 452 Å². The van der Waals surface area contributed by atoms with E-state index in [2.05, 4.69) is 20.5 Å². The number of nitrogens with zero attached hydrogens (tertiary/aromatic N) is 4. The summed E-state index contributed by atoms with van der Waals surface area (Å²) >= 11 is 0. The molecule has 0 amide bonds. The van der Waals surface area contributed by atoms with Gasteiger partial charge in [0.1, 0.15) is 40.5 Å². The van der Waals surface area contributed by atoms with Gasteiger partial charge in [-0.15, -0.1) is 10.2 Å². The topological polar surface area (TPSA) is 423 Å². The minimum Gasteiger partial charge on any atom is -0.871 e. The Morgan fingerprint density at radius 2 is 0.750 bits per heavy atom. The molecule has 0 aromatic heterocycles. The van der Waals surface area contributed by atoms with Gasteiger partial charge in [-0.1, -0.05) is 47.3 Å². The molecule has 0 bridgehead atoms. The van der Waals surface area contributed by atoms with Gasteiger partial charge in [0.15, 0.2) is 0 Å². The molecule has 2 radical (unpaired) electrons.